The van der Waals surface area contributed by atoms with Gasteiger partial charge in [0.25, 0.3) is 0 Å². The molecule has 0 aromatic carbocycles. The average Bonchev–Trinajstić information content (AvgIpc) is 2.36. The van der Waals surface area contributed by atoms with Crippen LogP contribution in [0, 0.1) is 0 Å². The summed E-state index contributed by atoms with van der Waals surface area (Å²) in [6, 6.07) is -1.06. The van der Waals surface area contributed by atoms with E-state index in [-0.39, 0.29) is 12.8 Å². The summed E-state index contributed by atoms with van der Waals surface area (Å²) in [5, 5.41) is 24.5. The van der Waals surface area contributed by atoms with E-state index in [4.69, 9.17) is 21.1 Å². The molecule has 118 valence electrons. The predicted octanol–water partition coefficient (Wildman–Crippen LogP) is 1.69. The number of carboxylic acid groups (broad SMARTS) is 3. The van der Waals surface area contributed by atoms with Crippen LogP contribution in [-0.2, 0) is 14.4 Å². The molecule has 0 radical (unpaired) electrons. The van der Waals surface area contributed by atoms with Crippen LogP contribution in [0.5, 0.6) is 0 Å². The molecule has 1 unspecified atom stereocenters. The van der Waals surface area contributed by atoms with Crippen LogP contribution in [-0.4, -0.2) is 39.3 Å². The number of rotatable bonds is 10. The van der Waals surface area contributed by atoms with Gasteiger partial charge in [0.15, 0.2) is 0 Å². The Morgan fingerprint density at radius 2 is 1.40 bits per heavy atom. The number of carboxylic acids is 3. The van der Waals surface area contributed by atoms with E-state index in [9.17, 15) is 14.4 Å². The minimum absolute atomic E-state index is 0.0231. The predicted molar refractivity (Wildman–Crippen MR) is 73.5 cm³/mol. The van der Waals surface area contributed by atoms with Gasteiger partial charge in [-0.3, -0.25) is 14.4 Å². The molecule has 1 atom stereocenters. The van der Waals surface area contributed by atoms with Crippen molar-refractivity contribution in [1.82, 2.24) is 0 Å². The molecule has 7 heteroatoms. The molecule has 0 aliphatic rings. The van der Waals surface area contributed by atoms with Crippen molar-refractivity contribution in [2.75, 3.05) is 0 Å². The van der Waals surface area contributed by atoms with Gasteiger partial charge in [0.2, 0.25) is 0 Å². The molecule has 0 fully saturated rings. The molecule has 0 aliphatic carbocycles. The third-order valence-electron chi connectivity index (χ3n) is 2.48. The fraction of sp³-hybridized carbons (Fsp3) is 0.769. The average molecular weight is 291 g/mol. The maximum absolute atomic E-state index is 10.0. The van der Waals surface area contributed by atoms with Gasteiger partial charge in [-0.25, -0.2) is 0 Å². The van der Waals surface area contributed by atoms with Crippen LogP contribution in [0.3, 0.4) is 0 Å². The summed E-state index contributed by atoms with van der Waals surface area (Å²) in [6.07, 6.45) is 5.66. The molecule has 0 aliphatic heterocycles. The van der Waals surface area contributed by atoms with Crippen LogP contribution in [0.25, 0.3) is 0 Å². The van der Waals surface area contributed by atoms with Gasteiger partial charge in [-0.05, 0) is 12.8 Å². The second-order valence-corrected chi connectivity index (χ2v) is 4.44. The van der Waals surface area contributed by atoms with E-state index >= 15 is 0 Å². The number of nitrogens with two attached hydrogens (primary N) is 1. The Balaban J connectivity index is 0. The van der Waals surface area contributed by atoms with Crippen LogP contribution >= 0.6 is 0 Å². The molecule has 5 N–H and O–H groups in total. The lowest BCUT2D eigenvalue weighted by Crippen LogP contribution is -2.30. The Morgan fingerprint density at radius 3 is 1.80 bits per heavy atom. The van der Waals surface area contributed by atoms with Gasteiger partial charge in [-0.2, -0.15) is 0 Å². The molecule has 0 aromatic rings. The molecule has 0 rings (SSSR count). The molecule has 0 saturated heterocycles. The van der Waals surface area contributed by atoms with E-state index in [1.807, 2.05) is 0 Å². The van der Waals surface area contributed by atoms with Crippen molar-refractivity contribution in [3.05, 3.63) is 0 Å². The first-order chi connectivity index (χ1) is 9.31. The van der Waals surface area contributed by atoms with Crippen molar-refractivity contribution >= 4 is 17.9 Å². The normalized spacial score (nSPS) is 11.1. The molecule has 0 spiro atoms. The van der Waals surface area contributed by atoms with Crippen LogP contribution in [0.15, 0.2) is 0 Å². The van der Waals surface area contributed by atoms with Gasteiger partial charge in [-0.1, -0.05) is 32.6 Å². The van der Waals surface area contributed by atoms with Gasteiger partial charge in [0.05, 0.1) is 0 Å². The van der Waals surface area contributed by atoms with Crippen LogP contribution in [0.2, 0.25) is 0 Å². The Hall–Kier alpha value is -1.63. The number of hydrogen-bond donors (Lipinski definition) is 4. The van der Waals surface area contributed by atoms with E-state index in [1.165, 1.54) is 19.3 Å². The monoisotopic (exact) mass is 291 g/mol. The van der Waals surface area contributed by atoms with Crippen LogP contribution < -0.4 is 5.73 Å². The third-order valence-corrected chi connectivity index (χ3v) is 2.48. The van der Waals surface area contributed by atoms with Crippen molar-refractivity contribution in [3.8, 4) is 0 Å². The molecule has 7 nitrogen and oxygen atoms in total. The van der Waals surface area contributed by atoms with E-state index < -0.39 is 23.9 Å². The largest absolute Gasteiger partial charge is 0.481 e. The van der Waals surface area contributed by atoms with E-state index in [2.05, 4.69) is 6.92 Å². The van der Waals surface area contributed by atoms with Crippen molar-refractivity contribution in [2.24, 2.45) is 5.73 Å². The Bertz CT molecular complexity index is 293. The summed E-state index contributed by atoms with van der Waals surface area (Å²) in [4.78, 5) is 29.9. The minimum Gasteiger partial charge on any atom is -0.481 e. The Morgan fingerprint density at radius 1 is 0.900 bits per heavy atom. The molecule has 0 bridgehead atoms. The van der Waals surface area contributed by atoms with Crippen molar-refractivity contribution in [1.29, 1.82) is 0 Å². The van der Waals surface area contributed by atoms with E-state index in [1.54, 1.807) is 0 Å². The highest BCUT2D eigenvalue weighted by Gasteiger charge is 2.12. The number of unbranched alkanes of at least 4 members (excludes halogenated alkanes) is 4. The molecule has 0 amide bonds. The van der Waals surface area contributed by atoms with Crippen molar-refractivity contribution in [2.45, 2.75) is 64.3 Å². The lowest BCUT2D eigenvalue weighted by Gasteiger charge is -2.01. The summed E-state index contributed by atoms with van der Waals surface area (Å²) in [6.45, 7) is 2.15. The first-order valence-electron chi connectivity index (χ1n) is 6.73. The molecular formula is C13H25NO6. The van der Waals surface area contributed by atoms with Crippen molar-refractivity contribution < 1.29 is 29.7 Å². The topological polar surface area (TPSA) is 138 Å². The van der Waals surface area contributed by atoms with Crippen molar-refractivity contribution in [3.63, 3.8) is 0 Å². The second kappa shape index (κ2) is 13.8. The summed E-state index contributed by atoms with van der Waals surface area (Å²) in [5.74, 6) is -2.87. The zero-order chi connectivity index (χ0) is 16.0. The number of aliphatic carboxylic acids is 3. The highest BCUT2D eigenvalue weighted by molar-refractivity contribution is 5.74. The number of carbonyl (C=O) groups is 3. The van der Waals surface area contributed by atoms with Gasteiger partial charge < -0.3 is 21.1 Å². The first kappa shape index (κ1) is 20.7. The quantitative estimate of drug-likeness (QED) is 0.449. The molecule has 0 heterocycles. The van der Waals surface area contributed by atoms with Gasteiger partial charge in [0.1, 0.15) is 6.04 Å². The first-order valence-corrected chi connectivity index (χ1v) is 6.73. The Kier molecular flexibility index (Phi) is 14.3. The lowest BCUT2D eigenvalue weighted by molar-refractivity contribution is -0.140. The molecule has 0 aromatic heterocycles. The fourth-order valence-electron chi connectivity index (χ4n) is 1.28. The summed E-state index contributed by atoms with van der Waals surface area (Å²) < 4.78 is 0. The summed E-state index contributed by atoms with van der Waals surface area (Å²) in [7, 11) is 0. The molecular weight excluding hydrogens is 266 g/mol. The second-order valence-electron chi connectivity index (χ2n) is 4.44. The summed E-state index contributed by atoms with van der Waals surface area (Å²) in [5.41, 5.74) is 5.00. The minimum atomic E-state index is -1.17. The standard InChI is InChI=1S/C8H16O2.C5H9NO4/c1-2-3-4-5-6-7-8(9)10;6-3(5(9)10)1-2-4(7)8/h2-7H2,1H3,(H,9,10);3H,1-2,6H2,(H,7,8)(H,9,10). The van der Waals surface area contributed by atoms with Crippen LogP contribution in [0.1, 0.15) is 58.3 Å². The van der Waals surface area contributed by atoms with Gasteiger partial charge >= 0.3 is 17.9 Å². The fourth-order valence-corrected chi connectivity index (χ4v) is 1.28. The van der Waals surface area contributed by atoms with E-state index in [0.29, 0.717) is 6.42 Å². The van der Waals surface area contributed by atoms with Crippen LogP contribution in [0.4, 0.5) is 0 Å². The van der Waals surface area contributed by atoms with Gasteiger partial charge in [-0.15, -0.1) is 0 Å². The molecule has 0 saturated carbocycles. The smallest absolute Gasteiger partial charge is 0.320 e. The maximum atomic E-state index is 10.0. The number of hydrogen-bond acceptors (Lipinski definition) is 4. The maximum Gasteiger partial charge on any atom is 0.320 e. The highest BCUT2D eigenvalue weighted by atomic mass is 16.4. The zero-order valence-electron chi connectivity index (χ0n) is 11.9. The van der Waals surface area contributed by atoms with Gasteiger partial charge in [0, 0.05) is 12.8 Å². The van der Waals surface area contributed by atoms with E-state index in [0.717, 1.165) is 12.8 Å². The lowest BCUT2D eigenvalue weighted by atomic mass is 10.1. The SMILES string of the molecule is CCCCCCCC(=O)O.NC(CCC(=O)O)C(=O)O. The molecule has 20 heavy (non-hydrogen) atoms. The zero-order valence-corrected chi connectivity index (χ0v) is 11.9. The summed E-state index contributed by atoms with van der Waals surface area (Å²) >= 11 is 0. The third kappa shape index (κ3) is 18.7. The highest BCUT2D eigenvalue weighted by Crippen LogP contribution is 2.04. The Labute approximate surface area is 118 Å².